The second-order valence-corrected chi connectivity index (χ2v) is 10.8. The van der Waals surface area contributed by atoms with E-state index in [1.165, 1.54) is 49.6 Å². The van der Waals surface area contributed by atoms with Gasteiger partial charge in [0.1, 0.15) is 6.54 Å². The van der Waals surface area contributed by atoms with Gasteiger partial charge < -0.3 is 14.6 Å². The molecule has 5 rings (SSSR count). The number of fused-ring (bicyclic) bond motifs is 2. The number of carboxylic acid groups (broad SMARTS) is 1. The fourth-order valence-electron chi connectivity index (χ4n) is 5.45. The van der Waals surface area contributed by atoms with Gasteiger partial charge in [0.25, 0.3) is 0 Å². The maximum atomic E-state index is 15.3. The smallest absolute Gasteiger partial charge is 0.335 e. The summed E-state index contributed by atoms with van der Waals surface area (Å²) < 4.78 is 17.0. The van der Waals surface area contributed by atoms with E-state index < -0.39 is 11.8 Å². The first-order chi connectivity index (χ1) is 16.3. The third-order valence-corrected chi connectivity index (χ3v) is 8.74. The Balaban J connectivity index is 1.50. The topological polar surface area (TPSA) is 62.5 Å². The number of carboxylic acids is 1. The maximum Gasteiger partial charge on any atom is 0.335 e. The van der Waals surface area contributed by atoms with Crippen molar-refractivity contribution < 1.29 is 19.1 Å². The van der Waals surface area contributed by atoms with Gasteiger partial charge >= 0.3 is 5.97 Å². The second kappa shape index (κ2) is 9.27. The van der Waals surface area contributed by atoms with E-state index >= 15 is 4.39 Å². The third kappa shape index (κ3) is 4.20. The van der Waals surface area contributed by atoms with Crippen LogP contribution >= 0.6 is 23.4 Å². The van der Waals surface area contributed by atoms with Gasteiger partial charge in [-0.05, 0) is 61.9 Å². The molecule has 1 aromatic heterocycles. The Bertz CT molecular complexity index is 1280. The van der Waals surface area contributed by atoms with Gasteiger partial charge in [0.05, 0.1) is 16.1 Å². The average Bonchev–Trinajstić information content (AvgIpc) is 3.37. The largest absolute Gasteiger partial charge is 0.478 e. The number of nitrogens with zero attached hydrogens (tertiary/aromatic N) is 2. The van der Waals surface area contributed by atoms with Crippen LogP contribution in [0.4, 0.5) is 4.39 Å². The van der Waals surface area contributed by atoms with Gasteiger partial charge in [0.15, 0.2) is 5.82 Å². The molecule has 2 aliphatic rings. The van der Waals surface area contributed by atoms with Crippen molar-refractivity contribution >= 4 is 46.1 Å². The first kappa shape index (κ1) is 23.2. The number of hydrogen-bond donors (Lipinski definition) is 1. The predicted octanol–water partition coefficient (Wildman–Crippen LogP) is 6.24. The van der Waals surface area contributed by atoms with Crippen LogP contribution in [0.1, 0.15) is 41.7 Å². The Kier molecular flexibility index (Phi) is 6.34. The fraction of sp³-hybridized carbons (Fsp3) is 0.385. The van der Waals surface area contributed by atoms with Crippen LogP contribution in [0.2, 0.25) is 5.02 Å². The second-order valence-electron chi connectivity index (χ2n) is 9.30. The summed E-state index contributed by atoms with van der Waals surface area (Å²) in [6, 6.07) is 9.93. The van der Waals surface area contributed by atoms with Crippen LogP contribution in [-0.4, -0.2) is 39.5 Å². The molecule has 8 heteroatoms. The molecule has 1 amide bonds. The number of carbonyl (C=O) groups is 2. The van der Waals surface area contributed by atoms with Crippen LogP contribution in [-0.2, 0) is 11.3 Å². The molecular weight excluding hydrogens is 475 g/mol. The molecule has 2 aromatic carbocycles. The number of halogens is 2. The van der Waals surface area contributed by atoms with Crippen molar-refractivity contribution in [3.8, 4) is 0 Å². The molecular formula is C26H26ClFN2O3S. The van der Waals surface area contributed by atoms with Gasteiger partial charge in [-0.2, -0.15) is 0 Å². The molecule has 1 saturated heterocycles. The first-order valence-corrected chi connectivity index (χ1v) is 12.8. The lowest BCUT2D eigenvalue weighted by molar-refractivity contribution is -0.131. The SMILES string of the molecule is Cc1c(Sc2cccc(C(=O)O)c2)c2ccc(Cl)c(F)c2n1CC(=O)N1CC2CCCCC2C1. The van der Waals surface area contributed by atoms with Crippen LogP contribution < -0.4 is 0 Å². The van der Waals surface area contributed by atoms with Gasteiger partial charge in [0, 0.05) is 34.0 Å². The molecule has 178 valence electrons. The average molecular weight is 501 g/mol. The van der Waals surface area contributed by atoms with Gasteiger partial charge in [-0.1, -0.05) is 42.3 Å². The van der Waals surface area contributed by atoms with E-state index in [1.807, 2.05) is 17.9 Å². The van der Waals surface area contributed by atoms with E-state index in [4.69, 9.17) is 11.6 Å². The lowest BCUT2D eigenvalue weighted by Gasteiger charge is -2.22. The Labute approximate surface area is 206 Å². The maximum absolute atomic E-state index is 15.3. The molecule has 0 bridgehead atoms. The highest BCUT2D eigenvalue weighted by Gasteiger charge is 2.36. The van der Waals surface area contributed by atoms with E-state index in [1.54, 1.807) is 22.8 Å². The number of rotatable bonds is 5. The van der Waals surface area contributed by atoms with E-state index in [9.17, 15) is 14.7 Å². The number of aromatic carboxylic acids is 1. The van der Waals surface area contributed by atoms with Crippen LogP contribution in [0, 0.1) is 24.6 Å². The minimum atomic E-state index is -1.00. The van der Waals surface area contributed by atoms with Crippen molar-refractivity contribution in [3.63, 3.8) is 0 Å². The minimum Gasteiger partial charge on any atom is -0.478 e. The molecule has 2 fully saturated rings. The van der Waals surface area contributed by atoms with Gasteiger partial charge in [-0.15, -0.1) is 0 Å². The summed E-state index contributed by atoms with van der Waals surface area (Å²) in [5.41, 5.74) is 1.25. The number of amides is 1. The van der Waals surface area contributed by atoms with Gasteiger partial charge in [-0.25, -0.2) is 9.18 Å². The van der Waals surface area contributed by atoms with Crippen molar-refractivity contribution in [2.45, 2.75) is 48.9 Å². The number of aromatic nitrogens is 1. The van der Waals surface area contributed by atoms with Crippen LogP contribution in [0.3, 0.4) is 0 Å². The zero-order valence-corrected chi connectivity index (χ0v) is 20.5. The third-order valence-electron chi connectivity index (χ3n) is 7.24. The predicted molar refractivity (Wildman–Crippen MR) is 131 cm³/mol. The Hall–Kier alpha value is -2.51. The van der Waals surface area contributed by atoms with Gasteiger partial charge in [-0.3, -0.25) is 4.79 Å². The Morgan fingerprint density at radius 1 is 1.15 bits per heavy atom. The minimum absolute atomic E-state index is 0.00167. The summed E-state index contributed by atoms with van der Waals surface area (Å²) in [6.07, 6.45) is 4.83. The molecule has 2 atom stereocenters. The Morgan fingerprint density at radius 3 is 2.53 bits per heavy atom. The number of hydrogen-bond acceptors (Lipinski definition) is 3. The number of carbonyl (C=O) groups excluding carboxylic acids is 1. The molecule has 2 heterocycles. The number of likely N-dealkylation sites (tertiary alicyclic amines) is 1. The zero-order valence-electron chi connectivity index (χ0n) is 18.9. The molecule has 0 spiro atoms. The normalized spacial score (nSPS) is 20.0. The summed E-state index contributed by atoms with van der Waals surface area (Å²) in [6.45, 7) is 3.49. The fourth-order valence-corrected chi connectivity index (χ4v) is 6.71. The molecule has 1 saturated carbocycles. The zero-order chi connectivity index (χ0) is 24.0. The standard InChI is InChI=1S/C26H26ClFN2O3S/c1-15-25(34-19-8-4-7-16(11-19)26(32)33)20-9-10-21(27)23(28)24(20)30(15)14-22(31)29-12-17-5-2-3-6-18(17)13-29/h4,7-11,17-18H,2-3,5-6,12-14H2,1H3,(H,32,33). The molecule has 0 radical (unpaired) electrons. The molecule has 1 aliphatic carbocycles. The first-order valence-electron chi connectivity index (χ1n) is 11.6. The van der Waals surface area contributed by atoms with Crippen molar-refractivity contribution in [1.82, 2.24) is 9.47 Å². The summed E-state index contributed by atoms with van der Waals surface area (Å²) in [4.78, 5) is 28.2. The highest BCUT2D eigenvalue weighted by atomic mass is 35.5. The summed E-state index contributed by atoms with van der Waals surface area (Å²) in [7, 11) is 0. The quantitative estimate of drug-likeness (QED) is 0.450. The molecule has 34 heavy (non-hydrogen) atoms. The van der Waals surface area contributed by atoms with Crippen LogP contribution in [0.5, 0.6) is 0 Å². The Morgan fingerprint density at radius 2 is 1.85 bits per heavy atom. The monoisotopic (exact) mass is 500 g/mol. The van der Waals surface area contributed by atoms with Crippen molar-refractivity contribution in [2.75, 3.05) is 13.1 Å². The van der Waals surface area contributed by atoms with E-state index in [0.717, 1.165) is 28.6 Å². The van der Waals surface area contributed by atoms with Crippen molar-refractivity contribution in [3.05, 3.63) is 58.5 Å². The highest BCUT2D eigenvalue weighted by molar-refractivity contribution is 7.99. The van der Waals surface area contributed by atoms with Crippen LogP contribution in [0.15, 0.2) is 46.2 Å². The van der Waals surface area contributed by atoms with E-state index in [0.29, 0.717) is 22.7 Å². The van der Waals surface area contributed by atoms with Gasteiger partial charge in [0.2, 0.25) is 5.91 Å². The molecule has 1 N–H and O–H groups in total. The summed E-state index contributed by atoms with van der Waals surface area (Å²) in [5.74, 6) is -0.385. The lowest BCUT2D eigenvalue weighted by Crippen LogP contribution is -2.32. The lowest BCUT2D eigenvalue weighted by atomic mass is 9.82. The molecule has 1 aliphatic heterocycles. The molecule has 5 nitrogen and oxygen atoms in total. The highest BCUT2D eigenvalue weighted by Crippen LogP contribution is 2.41. The summed E-state index contributed by atoms with van der Waals surface area (Å²) in [5, 5.41) is 10.0. The number of benzene rings is 2. The van der Waals surface area contributed by atoms with Crippen molar-refractivity contribution in [2.24, 2.45) is 11.8 Å². The van der Waals surface area contributed by atoms with Crippen molar-refractivity contribution in [1.29, 1.82) is 0 Å². The van der Waals surface area contributed by atoms with E-state index in [2.05, 4.69) is 0 Å². The molecule has 2 unspecified atom stereocenters. The van der Waals surface area contributed by atoms with Crippen LogP contribution in [0.25, 0.3) is 10.9 Å². The molecule has 3 aromatic rings. The summed E-state index contributed by atoms with van der Waals surface area (Å²) >= 11 is 7.50. The van der Waals surface area contributed by atoms with E-state index in [-0.39, 0.29) is 23.0 Å².